The second-order valence-electron chi connectivity index (χ2n) is 4.21. The van der Waals surface area contributed by atoms with Crippen molar-refractivity contribution >= 4 is 15.5 Å². The molecule has 1 aliphatic rings. The lowest BCUT2D eigenvalue weighted by atomic mass is 10.2. The Kier molecular flexibility index (Phi) is 3.77. The summed E-state index contributed by atoms with van der Waals surface area (Å²) < 4.78 is 33.9. The number of rotatable bonds is 4. The molecule has 1 heterocycles. The molecule has 1 N–H and O–H groups in total. The third kappa shape index (κ3) is 2.94. The minimum Gasteiger partial charge on any atom is -0.484 e. The molecule has 5 nitrogen and oxygen atoms in total. The van der Waals surface area contributed by atoms with Crippen molar-refractivity contribution in [1.82, 2.24) is 0 Å². The van der Waals surface area contributed by atoms with Gasteiger partial charge in [-0.1, -0.05) is 0 Å². The highest BCUT2D eigenvalue weighted by molar-refractivity contribution is 7.90. The van der Waals surface area contributed by atoms with E-state index in [1.807, 2.05) is 6.92 Å². The number of hydrogen-bond acceptors (Lipinski definition) is 5. The third-order valence-electron chi connectivity index (χ3n) is 2.70. The van der Waals surface area contributed by atoms with E-state index in [1.54, 1.807) is 18.2 Å². The van der Waals surface area contributed by atoms with Crippen molar-refractivity contribution in [3.63, 3.8) is 0 Å². The Morgan fingerprint density at radius 2 is 2.28 bits per heavy atom. The van der Waals surface area contributed by atoms with Gasteiger partial charge in [0.05, 0.1) is 23.7 Å². The number of hydrogen-bond donors (Lipinski definition) is 1. The van der Waals surface area contributed by atoms with E-state index in [4.69, 9.17) is 9.47 Å². The van der Waals surface area contributed by atoms with Gasteiger partial charge in [0.25, 0.3) is 0 Å². The summed E-state index contributed by atoms with van der Waals surface area (Å²) in [4.78, 5) is 0.292. The normalized spacial score (nSPS) is 18.7. The largest absolute Gasteiger partial charge is 0.484 e. The minimum atomic E-state index is -3.18. The molecule has 6 heteroatoms. The van der Waals surface area contributed by atoms with Crippen LogP contribution in [0.25, 0.3) is 0 Å². The maximum Gasteiger partial charge on any atom is 0.175 e. The van der Waals surface area contributed by atoms with E-state index in [1.165, 1.54) is 6.26 Å². The van der Waals surface area contributed by atoms with Gasteiger partial charge in [-0.25, -0.2) is 8.42 Å². The van der Waals surface area contributed by atoms with Crippen LogP contribution in [0.3, 0.4) is 0 Å². The van der Waals surface area contributed by atoms with Crippen LogP contribution in [-0.2, 0) is 14.6 Å². The predicted octanol–water partition coefficient (Wildman–Crippen LogP) is 1.30. The predicted molar refractivity (Wildman–Crippen MR) is 69.0 cm³/mol. The van der Waals surface area contributed by atoms with Crippen LogP contribution in [0, 0.1) is 0 Å². The zero-order valence-corrected chi connectivity index (χ0v) is 11.3. The van der Waals surface area contributed by atoms with Crippen molar-refractivity contribution in [3.05, 3.63) is 18.2 Å². The summed E-state index contributed by atoms with van der Waals surface area (Å²) in [5.41, 5.74) is 0.714. The molecule has 0 radical (unpaired) electrons. The van der Waals surface area contributed by atoms with Gasteiger partial charge in [0.2, 0.25) is 0 Å². The van der Waals surface area contributed by atoms with E-state index < -0.39 is 9.84 Å². The molecule has 1 aliphatic heterocycles. The number of fused-ring (bicyclic) bond motifs is 1. The van der Waals surface area contributed by atoms with E-state index in [0.29, 0.717) is 36.1 Å². The Bertz CT molecular complexity index is 527. The van der Waals surface area contributed by atoms with Crippen molar-refractivity contribution in [1.29, 1.82) is 0 Å². The molecule has 0 fully saturated rings. The highest BCUT2D eigenvalue weighted by Crippen LogP contribution is 2.31. The molecule has 1 aromatic rings. The second-order valence-corrected chi connectivity index (χ2v) is 6.23. The van der Waals surface area contributed by atoms with Crippen molar-refractivity contribution in [2.24, 2.45) is 0 Å². The van der Waals surface area contributed by atoms with Crippen LogP contribution in [0.5, 0.6) is 5.75 Å². The molecule has 100 valence electrons. The Labute approximate surface area is 107 Å². The maximum absolute atomic E-state index is 11.4. The molecule has 0 saturated heterocycles. The smallest absolute Gasteiger partial charge is 0.175 e. The van der Waals surface area contributed by atoms with Gasteiger partial charge in [-0.05, 0) is 25.1 Å². The Morgan fingerprint density at radius 3 is 2.94 bits per heavy atom. The highest BCUT2D eigenvalue weighted by Gasteiger charge is 2.20. The van der Waals surface area contributed by atoms with Gasteiger partial charge < -0.3 is 14.8 Å². The lowest BCUT2D eigenvalue weighted by Crippen LogP contribution is -2.34. The average molecular weight is 271 g/mol. The number of ether oxygens (including phenoxy) is 2. The Hall–Kier alpha value is -1.27. The number of nitrogens with one attached hydrogen (secondary N) is 1. The quantitative estimate of drug-likeness (QED) is 0.894. The van der Waals surface area contributed by atoms with Crippen LogP contribution in [-0.4, -0.2) is 40.5 Å². The van der Waals surface area contributed by atoms with Gasteiger partial charge in [-0.2, -0.15) is 0 Å². The second kappa shape index (κ2) is 5.16. The van der Waals surface area contributed by atoms with Crippen molar-refractivity contribution in [2.45, 2.75) is 17.9 Å². The molecule has 1 unspecified atom stereocenters. The summed E-state index contributed by atoms with van der Waals surface area (Å²) in [6, 6.07) is 4.83. The number of sulfone groups is 1. The standard InChI is InChI=1S/C12H17NO4S/c1-3-16-8-9-7-13-11-6-10(18(2,14)15)4-5-12(11)17-9/h4-6,9,13H,3,7-8H2,1-2H3. The monoisotopic (exact) mass is 271 g/mol. The molecule has 0 aromatic heterocycles. The first-order valence-corrected chi connectivity index (χ1v) is 7.72. The average Bonchev–Trinajstić information content (AvgIpc) is 2.34. The lowest BCUT2D eigenvalue weighted by Gasteiger charge is -2.27. The summed E-state index contributed by atoms with van der Waals surface area (Å²) in [6.45, 7) is 3.72. The van der Waals surface area contributed by atoms with E-state index in [2.05, 4.69) is 5.32 Å². The first-order valence-electron chi connectivity index (χ1n) is 5.83. The van der Waals surface area contributed by atoms with Crippen LogP contribution in [0.4, 0.5) is 5.69 Å². The van der Waals surface area contributed by atoms with E-state index >= 15 is 0 Å². The summed E-state index contributed by atoms with van der Waals surface area (Å²) in [5.74, 6) is 0.665. The molecule has 0 spiro atoms. The van der Waals surface area contributed by atoms with E-state index in [0.717, 1.165) is 0 Å². The fraction of sp³-hybridized carbons (Fsp3) is 0.500. The molecular formula is C12H17NO4S. The van der Waals surface area contributed by atoms with Crippen molar-refractivity contribution in [3.8, 4) is 5.75 Å². The molecule has 2 rings (SSSR count). The van der Waals surface area contributed by atoms with Crippen LogP contribution in [0.1, 0.15) is 6.92 Å². The highest BCUT2D eigenvalue weighted by atomic mass is 32.2. The van der Waals surface area contributed by atoms with Gasteiger partial charge in [0, 0.05) is 12.9 Å². The number of benzene rings is 1. The first kappa shape index (κ1) is 13.2. The van der Waals surface area contributed by atoms with Crippen molar-refractivity contribution in [2.75, 3.05) is 31.3 Å². The van der Waals surface area contributed by atoms with Crippen LogP contribution >= 0.6 is 0 Å². The summed E-state index contributed by atoms with van der Waals surface area (Å²) >= 11 is 0. The molecule has 0 aliphatic carbocycles. The molecular weight excluding hydrogens is 254 g/mol. The number of anilines is 1. The fourth-order valence-corrected chi connectivity index (χ4v) is 2.42. The SMILES string of the molecule is CCOCC1CNc2cc(S(C)(=O)=O)ccc2O1. The zero-order chi connectivity index (χ0) is 13.2. The molecule has 1 atom stereocenters. The van der Waals surface area contributed by atoms with Gasteiger partial charge in [-0.15, -0.1) is 0 Å². The van der Waals surface area contributed by atoms with Gasteiger partial charge in [-0.3, -0.25) is 0 Å². The first-order chi connectivity index (χ1) is 8.50. The van der Waals surface area contributed by atoms with Crippen LogP contribution < -0.4 is 10.1 Å². The summed E-state index contributed by atoms with van der Waals surface area (Å²) in [6.07, 6.45) is 1.15. The Balaban J connectivity index is 2.16. The zero-order valence-electron chi connectivity index (χ0n) is 10.5. The minimum absolute atomic E-state index is 0.0402. The van der Waals surface area contributed by atoms with Crippen LogP contribution in [0.2, 0.25) is 0 Å². The maximum atomic E-state index is 11.4. The molecule has 1 aromatic carbocycles. The fourth-order valence-electron chi connectivity index (χ4n) is 1.77. The summed E-state index contributed by atoms with van der Waals surface area (Å²) in [5, 5.41) is 3.16. The summed E-state index contributed by atoms with van der Waals surface area (Å²) in [7, 11) is -3.18. The van der Waals surface area contributed by atoms with Crippen molar-refractivity contribution < 1.29 is 17.9 Å². The lowest BCUT2D eigenvalue weighted by molar-refractivity contribution is 0.0598. The van der Waals surface area contributed by atoms with Gasteiger partial charge >= 0.3 is 0 Å². The van der Waals surface area contributed by atoms with Crippen LogP contribution in [0.15, 0.2) is 23.1 Å². The molecule has 0 bridgehead atoms. The Morgan fingerprint density at radius 1 is 1.50 bits per heavy atom. The molecule has 0 saturated carbocycles. The van der Waals surface area contributed by atoms with E-state index in [9.17, 15) is 8.42 Å². The van der Waals surface area contributed by atoms with Gasteiger partial charge in [0.15, 0.2) is 9.84 Å². The topological polar surface area (TPSA) is 64.6 Å². The molecule has 18 heavy (non-hydrogen) atoms. The van der Waals surface area contributed by atoms with Gasteiger partial charge in [0.1, 0.15) is 11.9 Å². The third-order valence-corrected chi connectivity index (χ3v) is 3.81. The van der Waals surface area contributed by atoms with E-state index in [-0.39, 0.29) is 6.10 Å². The molecule has 0 amide bonds.